The van der Waals surface area contributed by atoms with Crippen molar-refractivity contribution >= 4 is 29.9 Å². The molecule has 0 fully saturated rings. The van der Waals surface area contributed by atoms with E-state index in [2.05, 4.69) is 40.7 Å². The summed E-state index contributed by atoms with van der Waals surface area (Å²) in [6, 6.07) is 8.00. The molecule has 0 bridgehead atoms. The maximum absolute atomic E-state index is 5.36. The first-order valence-corrected chi connectivity index (χ1v) is 9.75. The predicted molar refractivity (Wildman–Crippen MR) is 127 cm³/mol. The van der Waals surface area contributed by atoms with Crippen LogP contribution in [0.3, 0.4) is 0 Å². The number of benzene rings is 1. The minimum atomic E-state index is 0. The fourth-order valence-corrected chi connectivity index (χ4v) is 2.71. The van der Waals surface area contributed by atoms with Gasteiger partial charge in [0.25, 0.3) is 0 Å². The molecule has 7 nitrogen and oxygen atoms in total. The van der Waals surface area contributed by atoms with E-state index in [1.165, 1.54) is 5.56 Å². The predicted octanol–water partition coefficient (Wildman–Crippen LogP) is 4.12. The standard InChI is InChI=1S/C21H32N4O3.HI/c1-6-22-21(24-14-17-13-18(15(2)3)25-28-17)23-11-7-8-16-9-10-19(26-4)20(12-16)27-5;/h9-10,12-13,15H,6-8,11,14H2,1-5H3,(H2,22,23,24);1H. The van der Waals surface area contributed by atoms with Crippen LogP contribution in [0.2, 0.25) is 0 Å². The molecule has 1 aromatic carbocycles. The zero-order valence-electron chi connectivity index (χ0n) is 17.9. The Bertz CT molecular complexity index is 762. The molecule has 1 heterocycles. The second-order valence-corrected chi connectivity index (χ2v) is 6.79. The highest BCUT2D eigenvalue weighted by Gasteiger charge is 2.08. The number of hydrogen-bond acceptors (Lipinski definition) is 5. The number of hydrogen-bond donors (Lipinski definition) is 2. The molecule has 2 rings (SSSR count). The van der Waals surface area contributed by atoms with Gasteiger partial charge < -0.3 is 24.6 Å². The van der Waals surface area contributed by atoms with Crippen molar-refractivity contribution in [1.29, 1.82) is 0 Å². The fourth-order valence-electron chi connectivity index (χ4n) is 2.71. The summed E-state index contributed by atoms with van der Waals surface area (Å²) in [5.41, 5.74) is 2.17. The Morgan fingerprint density at radius 3 is 2.52 bits per heavy atom. The number of rotatable bonds is 10. The average Bonchev–Trinajstić information content (AvgIpc) is 3.18. The number of ether oxygens (including phenoxy) is 2. The van der Waals surface area contributed by atoms with Crippen LogP contribution in [-0.2, 0) is 13.0 Å². The maximum atomic E-state index is 5.36. The van der Waals surface area contributed by atoms with Gasteiger partial charge in [-0.05, 0) is 43.4 Å². The van der Waals surface area contributed by atoms with Crippen LogP contribution in [0.15, 0.2) is 33.8 Å². The van der Waals surface area contributed by atoms with Crippen LogP contribution >= 0.6 is 24.0 Å². The highest BCUT2D eigenvalue weighted by atomic mass is 127. The first kappa shape index (κ1) is 25.1. The summed E-state index contributed by atoms with van der Waals surface area (Å²) in [4.78, 5) is 4.58. The normalized spacial score (nSPS) is 11.2. The summed E-state index contributed by atoms with van der Waals surface area (Å²) in [7, 11) is 3.30. The van der Waals surface area contributed by atoms with Crippen LogP contribution < -0.4 is 20.1 Å². The lowest BCUT2D eigenvalue weighted by atomic mass is 10.1. The zero-order valence-corrected chi connectivity index (χ0v) is 20.3. The van der Waals surface area contributed by atoms with Gasteiger partial charge in [-0.1, -0.05) is 25.1 Å². The second kappa shape index (κ2) is 13.3. The topological polar surface area (TPSA) is 80.9 Å². The first-order valence-electron chi connectivity index (χ1n) is 9.75. The van der Waals surface area contributed by atoms with Crippen LogP contribution in [0, 0.1) is 0 Å². The SMILES string of the molecule is CCNC(=NCc1cc(C(C)C)no1)NCCCc1ccc(OC)c(OC)c1.I. The molecule has 0 aliphatic rings. The van der Waals surface area contributed by atoms with Crippen molar-refractivity contribution in [2.75, 3.05) is 27.3 Å². The van der Waals surface area contributed by atoms with Crippen molar-refractivity contribution in [2.24, 2.45) is 4.99 Å². The smallest absolute Gasteiger partial charge is 0.191 e. The van der Waals surface area contributed by atoms with Crippen LogP contribution in [0.4, 0.5) is 0 Å². The lowest BCUT2D eigenvalue weighted by molar-refractivity contribution is 0.354. The van der Waals surface area contributed by atoms with Crippen LogP contribution in [0.1, 0.15) is 50.1 Å². The highest BCUT2D eigenvalue weighted by molar-refractivity contribution is 14.0. The summed E-state index contributed by atoms with van der Waals surface area (Å²) in [6.45, 7) is 8.31. The summed E-state index contributed by atoms with van der Waals surface area (Å²) < 4.78 is 16.0. The van der Waals surface area contributed by atoms with Crippen molar-refractivity contribution in [3.63, 3.8) is 0 Å². The fraction of sp³-hybridized carbons (Fsp3) is 0.524. The Morgan fingerprint density at radius 2 is 1.90 bits per heavy atom. The van der Waals surface area contributed by atoms with Gasteiger partial charge in [0.1, 0.15) is 6.54 Å². The Labute approximate surface area is 190 Å². The molecule has 2 N–H and O–H groups in total. The minimum absolute atomic E-state index is 0. The monoisotopic (exact) mass is 516 g/mol. The van der Waals surface area contributed by atoms with E-state index in [9.17, 15) is 0 Å². The van der Waals surface area contributed by atoms with Gasteiger partial charge in [0, 0.05) is 19.2 Å². The minimum Gasteiger partial charge on any atom is -0.493 e. The molecule has 0 aliphatic carbocycles. The Kier molecular flexibility index (Phi) is 11.5. The van der Waals surface area contributed by atoms with Crippen LogP contribution in [0.25, 0.3) is 0 Å². The van der Waals surface area contributed by atoms with Crippen molar-refractivity contribution in [2.45, 2.75) is 46.1 Å². The van der Waals surface area contributed by atoms with E-state index in [0.29, 0.717) is 12.5 Å². The van der Waals surface area contributed by atoms with E-state index in [-0.39, 0.29) is 24.0 Å². The Balaban J connectivity index is 0.00000420. The second-order valence-electron chi connectivity index (χ2n) is 6.79. The molecule has 0 atom stereocenters. The third-order valence-electron chi connectivity index (χ3n) is 4.29. The number of guanidine groups is 1. The van der Waals surface area contributed by atoms with Crippen molar-refractivity contribution in [3.8, 4) is 11.5 Å². The summed E-state index contributed by atoms with van der Waals surface area (Å²) in [5, 5.41) is 10.7. The molecule has 162 valence electrons. The van der Waals surface area contributed by atoms with Gasteiger partial charge in [0.05, 0.1) is 19.9 Å². The molecule has 0 aliphatic heterocycles. The average molecular weight is 516 g/mol. The van der Waals surface area contributed by atoms with E-state index in [4.69, 9.17) is 14.0 Å². The van der Waals surface area contributed by atoms with Crippen molar-refractivity contribution in [3.05, 3.63) is 41.3 Å². The summed E-state index contributed by atoms with van der Waals surface area (Å²) in [6.07, 6.45) is 1.91. The quantitative estimate of drug-likeness (QED) is 0.214. The summed E-state index contributed by atoms with van der Waals surface area (Å²) >= 11 is 0. The molecule has 0 unspecified atom stereocenters. The lowest BCUT2D eigenvalue weighted by Gasteiger charge is -2.12. The lowest BCUT2D eigenvalue weighted by Crippen LogP contribution is -2.37. The third-order valence-corrected chi connectivity index (χ3v) is 4.29. The maximum Gasteiger partial charge on any atom is 0.191 e. The highest BCUT2D eigenvalue weighted by Crippen LogP contribution is 2.27. The summed E-state index contributed by atoms with van der Waals surface area (Å²) in [5.74, 6) is 3.41. The van der Waals surface area contributed by atoms with Gasteiger partial charge in [0.2, 0.25) is 0 Å². The van der Waals surface area contributed by atoms with E-state index < -0.39 is 0 Å². The third kappa shape index (κ3) is 8.12. The van der Waals surface area contributed by atoms with E-state index in [1.54, 1.807) is 14.2 Å². The number of aliphatic imine (C=N–C) groups is 1. The molecule has 29 heavy (non-hydrogen) atoms. The molecule has 8 heteroatoms. The molecular weight excluding hydrogens is 483 g/mol. The zero-order chi connectivity index (χ0) is 20.4. The van der Waals surface area contributed by atoms with Crippen LogP contribution in [-0.4, -0.2) is 38.4 Å². The van der Waals surface area contributed by atoms with Gasteiger partial charge >= 0.3 is 0 Å². The van der Waals surface area contributed by atoms with E-state index in [0.717, 1.165) is 54.8 Å². The molecular formula is C21H33IN4O3. The van der Waals surface area contributed by atoms with Crippen molar-refractivity contribution in [1.82, 2.24) is 15.8 Å². The Morgan fingerprint density at radius 1 is 1.14 bits per heavy atom. The van der Waals surface area contributed by atoms with Gasteiger partial charge in [-0.3, -0.25) is 0 Å². The molecule has 0 radical (unpaired) electrons. The number of aryl methyl sites for hydroxylation is 1. The molecule has 0 saturated heterocycles. The molecule has 2 aromatic rings. The Hall–Kier alpha value is -1.97. The number of halogens is 1. The van der Waals surface area contributed by atoms with Gasteiger partial charge in [-0.15, -0.1) is 24.0 Å². The number of nitrogens with zero attached hydrogens (tertiary/aromatic N) is 2. The molecule has 0 spiro atoms. The largest absolute Gasteiger partial charge is 0.493 e. The van der Waals surface area contributed by atoms with E-state index >= 15 is 0 Å². The molecule has 1 aromatic heterocycles. The number of aromatic nitrogens is 1. The molecule has 0 amide bonds. The number of methoxy groups -OCH3 is 2. The van der Waals surface area contributed by atoms with Gasteiger partial charge in [-0.25, -0.2) is 4.99 Å². The van der Waals surface area contributed by atoms with Gasteiger partial charge in [-0.2, -0.15) is 0 Å². The van der Waals surface area contributed by atoms with Crippen LogP contribution in [0.5, 0.6) is 11.5 Å². The van der Waals surface area contributed by atoms with Gasteiger partial charge in [0.15, 0.2) is 23.2 Å². The van der Waals surface area contributed by atoms with Crippen molar-refractivity contribution < 1.29 is 14.0 Å². The molecule has 0 saturated carbocycles. The number of nitrogens with one attached hydrogen (secondary N) is 2. The van der Waals surface area contributed by atoms with E-state index in [1.807, 2.05) is 25.1 Å². The first-order chi connectivity index (χ1) is 13.6.